The van der Waals surface area contributed by atoms with Crippen LogP contribution in [-0.2, 0) is 0 Å². The van der Waals surface area contributed by atoms with Crippen molar-refractivity contribution in [1.82, 2.24) is 24.9 Å². The Balaban J connectivity index is 1.41. The fourth-order valence-corrected chi connectivity index (χ4v) is 5.64. The molecule has 0 aliphatic heterocycles. The van der Waals surface area contributed by atoms with E-state index in [-0.39, 0.29) is 12.6 Å². The number of carbonyl (C=O) groups is 1. The highest BCUT2D eigenvalue weighted by atomic mass is 32.1. The maximum Gasteiger partial charge on any atom is 0.255 e. The first-order chi connectivity index (χ1) is 18.7. The van der Waals surface area contributed by atoms with Crippen LogP contribution in [0.15, 0.2) is 48.4 Å². The second-order valence-electron chi connectivity index (χ2n) is 10.5. The first kappa shape index (κ1) is 26.7. The monoisotopic (exact) mass is 547 g/mol. The molecule has 1 aliphatic rings. The second-order valence-corrected chi connectivity index (χ2v) is 11.4. The zero-order valence-electron chi connectivity index (χ0n) is 21.8. The molecule has 1 aliphatic carbocycles. The third-order valence-electron chi connectivity index (χ3n) is 7.19. The number of halogens is 1. The Kier molecular flexibility index (Phi) is 7.59. The molecule has 39 heavy (non-hydrogen) atoms. The van der Waals surface area contributed by atoms with Gasteiger partial charge in [-0.1, -0.05) is 0 Å². The molecule has 3 N–H and O–H groups in total. The average Bonchev–Trinajstić information content (AvgIpc) is 3.61. The average molecular weight is 548 g/mol. The molecule has 11 heteroatoms. The van der Waals surface area contributed by atoms with Crippen molar-refractivity contribution in [3.8, 4) is 17.5 Å². The minimum absolute atomic E-state index is 0.154. The molecular formula is C28H30FN7O2S. The number of amides is 1. The molecule has 0 spiro atoms. The Hall–Kier alpha value is -3.88. The van der Waals surface area contributed by atoms with E-state index in [0.29, 0.717) is 34.1 Å². The van der Waals surface area contributed by atoms with Crippen LogP contribution >= 0.6 is 11.3 Å². The molecule has 4 aromatic heterocycles. The third-order valence-corrected chi connectivity index (χ3v) is 8.13. The molecule has 9 nitrogen and oxygen atoms in total. The molecule has 4 heterocycles. The van der Waals surface area contributed by atoms with E-state index in [9.17, 15) is 19.6 Å². The summed E-state index contributed by atoms with van der Waals surface area (Å²) in [5.41, 5.74) is 3.72. The molecule has 0 saturated heterocycles. The summed E-state index contributed by atoms with van der Waals surface area (Å²) >= 11 is 1.69. The van der Waals surface area contributed by atoms with Gasteiger partial charge in [0.1, 0.15) is 12.2 Å². The van der Waals surface area contributed by atoms with Gasteiger partial charge in [-0.2, -0.15) is 10.4 Å². The summed E-state index contributed by atoms with van der Waals surface area (Å²) in [5, 5.41) is 29.6. The molecule has 1 saturated carbocycles. The SMILES string of the molecule is CC(C)(O)[C@H](F)CNC(=O)c1cnc(-c2ccc3cc(C#N)cnn23)cc1NC1CCC(c2cncs2)CC1. The van der Waals surface area contributed by atoms with E-state index in [1.165, 1.54) is 31.1 Å². The van der Waals surface area contributed by atoms with Crippen LogP contribution in [0.3, 0.4) is 0 Å². The van der Waals surface area contributed by atoms with E-state index in [2.05, 4.69) is 31.8 Å². The van der Waals surface area contributed by atoms with Crippen LogP contribution in [0.4, 0.5) is 10.1 Å². The first-order valence-corrected chi connectivity index (χ1v) is 13.8. The van der Waals surface area contributed by atoms with Gasteiger partial charge in [0, 0.05) is 23.3 Å². The number of thiazole rings is 1. The molecule has 1 amide bonds. The predicted octanol–water partition coefficient (Wildman–Crippen LogP) is 4.70. The zero-order valence-corrected chi connectivity index (χ0v) is 22.6. The maximum atomic E-state index is 14.3. The Bertz CT molecular complexity index is 1500. The van der Waals surface area contributed by atoms with Gasteiger partial charge in [-0.05, 0) is 69.7 Å². The fourth-order valence-electron chi connectivity index (χ4n) is 4.85. The lowest BCUT2D eigenvalue weighted by molar-refractivity contribution is -0.00177. The number of carbonyl (C=O) groups excluding carboxylic acids is 1. The van der Waals surface area contributed by atoms with Gasteiger partial charge in [0.25, 0.3) is 5.91 Å². The van der Waals surface area contributed by atoms with Crippen molar-refractivity contribution in [1.29, 1.82) is 5.26 Å². The van der Waals surface area contributed by atoms with Crippen LogP contribution in [0.2, 0.25) is 0 Å². The summed E-state index contributed by atoms with van der Waals surface area (Å²) in [6.07, 6.45) is 7.20. The Morgan fingerprint density at radius 2 is 2.05 bits per heavy atom. The van der Waals surface area contributed by atoms with Crippen molar-refractivity contribution in [3.05, 3.63) is 64.4 Å². The van der Waals surface area contributed by atoms with Gasteiger partial charge in [0.2, 0.25) is 0 Å². The number of aliphatic hydroxyl groups is 1. The van der Waals surface area contributed by atoms with Gasteiger partial charge in [-0.3, -0.25) is 14.8 Å². The molecule has 4 aromatic rings. The summed E-state index contributed by atoms with van der Waals surface area (Å²) in [7, 11) is 0. The number of alkyl halides is 1. The van der Waals surface area contributed by atoms with Gasteiger partial charge in [0.05, 0.1) is 57.6 Å². The van der Waals surface area contributed by atoms with Crippen molar-refractivity contribution in [3.63, 3.8) is 0 Å². The van der Waals surface area contributed by atoms with Gasteiger partial charge in [-0.15, -0.1) is 11.3 Å². The van der Waals surface area contributed by atoms with Crippen molar-refractivity contribution in [2.24, 2.45) is 0 Å². The number of nitriles is 1. The lowest BCUT2D eigenvalue weighted by atomic mass is 9.85. The van der Waals surface area contributed by atoms with Crippen LogP contribution in [-0.4, -0.2) is 55.0 Å². The number of hydrogen-bond acceptors (Lipinski definition) is 8. The molecule has 0 bridgehead atoms. The van der Waals surface area contributed by atoms with Crippen LogP contribution in [0.5, 0.6) is 0 Å². The molecule has 202 valence electrons. The van der Waals surface area contributed by atoms with E-state index >= 15 is 0 Å². The van der Waals surface area contributed by atoms with Gasteiger partial charge in [0.15, 0.2) is 0 Å². The van der Waals surface area contributed by atoms with E-state index in [0.717, 1.165) is 31.2 Å². The molecular weight excluding hydrogens is 517 g/mol. The minimum atomic E-state index is -1.62. The van der Waals surface area contributed by atoms with Crippen LogP contribution in [0.25, 0.3) is 16.9 Å². The Morgan fingerprint density at radius 3 is 2.74 bits per heavy atom. The Labute approximate surface area is 229 Å². The third kappa shape index (κ3) is 5.92. The van der Waals surface area contributed by atoms with E-state index in [1.807, 2.05) is 29.9 Å². The lowest BCUT2D eigenvalue weighted by Crippen LogP contribution is -2.42. The number of rotatable bonds is 8. The number of pyridine rings is 1. The molecule has 5 rings (SSSR count). The normalized spacial score (nSPS) is 18.4. The van der Waals surface area contributed by atoms with Crippen molar-refractivity contribution < 1.29 is 14.3 Å². The summed E-state index contributed by atoms with van der Waals surface area (Å²) in [6.45, 7) is 2.41. The quantitative estimate of drug-likeness (QED) is 0.292. The zero-order chi connectivity index (χ0) is 27.6. The van der Waals surface area contributed by atoms with Crippen molar-refractivity contribution >= 4 is 28.4 Å². The van der Waals surface area contributed by atoms with Crippen molar-refractivity contribution in [2.45, 2.75) is 63.3 Å². The summed E-state index contributed by atoms with van der Waals surface area (Å²) in [5.74, 6) is 0.0182. The number of fused-ring (bicyclic) bond motifs is 1. The molecule has 0 radical (unpaired) electrons. The molecule has 0 unspecified atom stereocenters. The fraction of sp³-hybridized carbons (Fsp3) is 0.393. The topological polar surface area (TPSA) is 128 Å². The molecule has 1 atom stereocenters. The van der Waals surface area contributed by atoms with Crippen LogP contribution in [0.1, 0.15) is 66.2 Å². The number of aromatic nitrogens is 4. The largest absolute Gasteiger partial charge is 0.387 e. The number of nitrogens with zero attached hydrogens (tertiary/aromatic N) is 5. The lowest BCUT2D eigenvalue weighted by Gasteiger charge is -2.30. The maximum absolute atomic E-state index is 14.3. The van der Waals surface area contributed by atoms with Crippen molar-refractivity contribution in [2.75, 3.05) is 11.9 Å². The number of nitrogens with one attached hydrogen (secondary N) is 2. The van der Waals surface area contributed by atoms with Gasteiger partial charge >= 0.3 is 0 Å². The highest BCUT2D eigenvalue weighted by molar-refractivity contribution is 7.09. The van der Waals surface area contributed by atoms with E-state index < -0.39 is 17.7 Å². The predicted molar refractivity (Wildman–Crippen MR) is 147 cm³/mol. The summed E-state index contributed by atoms with van der Waals surface area (Å²) in [6, 6.07) is 9.53. The highest BCUT2D eigenvalue weighted by Gasteiger charge is 2.28. The van der Waals surface area contributed by atoms with Gasteiger partial charge < -0.3 is 15.7 Å². The number of anilines is 1. The number of hydrogen-bond donors (Lipinski definition) is 3. The summed E-state index contributed by atoms with van der Waals surface area (Å²) in [4.78, 5) is 23.2. The van der Waals surface area contributed by atoms with Gasteiger partial charge in [-0.25, -0.2) is 8.91 Å². The van der Waals surface area contributed by atoms with E-state index in [1.54, 1.807) is 21.9 Å². The molecule has 1 fully saturated rings. The van der Waals surface area contributed by atoms with Crippen LogP contribution < -0.4 is 10.6 Å². The van der Waals surface area contributed by atoms with E-state index in [4.69, 9.17) is 0 Å². The minimum Gasteiger partial charge on any atom is -0.387 e. The smallest absolute Gasteiger partial charge is 0.255 e. The Morgan fingerprint density at radius 1 is 1.26 bits per heavy atom. The first-order valence-electron chi connectivity index (χ1n) is 12.9. The second kappa shape index (κ2) is 11.1. The van der Waals surface area contributed by atoms with Crippen LogP contribution in [0, 0.1) is 11.3 Å². The molecule has 0 aromatic carbocycles. The summed E-state index contributed by atoms with van der Waals surface area (Å²) < 4.78 is 16.0. The highest BCUT2D eigenvalue weighted by Crippen LogP contribution is 2.36. The standard InChI is InChI=1S/C28H30FN7O2S/c1-28(2,38)26(29)15-33-27(37)21-13-32-23(24-8-7-20-9-17(11-30)12-34-36(20)24)10-22(21)35-19-5-3-18(4-6-19)25-14-31-16-39-25/h7-10,12-14,16,18-19,26,38H,3-6,15H2,1-2H3,(H,32,35)(H,33,37)/t18?,19?,26-/m1/s1.